The van der Waals surface area contributed by atoms with Gasteiger partial charge in [-0.05, 0) is 57.5 Å². The Kier molecular flexibility index (Phi) is 7.35. The van der Waals surface area contributed by atoms with Gasteiger partial charge in [-0.3, -0.25) is 14.6 Å². The number of amides is 1. The lowest BCUT2D eigenvalue weighted by atomic mass is 10.0. The molecule has 0 saturated carbocycles. The van der Waals surface area contributed by atoms with Gasteiger partial charge in [0.1, 0.15) is 11.5 Å². The van der Waals surface area contributed by atoms with E-state index in [1.54, 1.807) is 14.2 Å². The number of hydrogen-bond donors (Lipinski definition) is 0. The molecule has 7 heteroatoms. The first-order chi connectivity index (χ1) is 15.1. The van der Waals surface area contributed by atoms with Gasteiger partial charge in [-0.1, -0.05) is 0 Å². The molecule has 2 unspecified atom stereocenters. The number of carbonyl (C=O) groups is 1. The molecule has 4 rings (SSSR count). The Labute approximate surface area is 186 Å². The van der Waals surface area contributed by atoms with Crippen molar-refractivity contribution in [3.8, 4) is 11.5 Å². The molecule has 0 aromatic heterocycles. The van der Waals surface area contributed by atoms with Crippen LogP contribution in [0.25, 0.3) is 0 Å². The summed E-state index contributed by atoms with van der Waals surface area (Å²) in [7, 11) is 5.59. The Morgan fingerprint density at radius 1 is 1.00 bits per heavy atom. The third kappa shape index (κ3) is 5.16. The van der Waals surface area contributed by atoms with E-state index in [0.717, 1.165) is 62.6 Å². The number of nitrogens with zero attached hydrogens (tertiary/aromatic N) is 4. The van der Waals surface area contributed by atoms with Crippen molar-refractivity contribution in [2.75, 3.05) is 73.6 Å². The summed E-state index contributed by atoms with van der Waals surface area (Å²) in [5.41, 5.74) is 1.05. The first-order valence-corrected chi connectivity index (χ1v) is 11.8. The maximum Gasteiger partial charge on any atom is 0.237 e. The highest BCUT2D eigenvalue weighted by Gasteiger charge is 2.34. The molecule has 0 aliphatic carbocycles. The van der Waals surface area contributed by atoms with Crippen LogP contribution in [-0.2, 0) is 4.79 Å². The Hall–Kier alpha value is -1.83. The lowest BCUT2D eigenvalue weighted by Crippen LogP contribution is -2.55. The zero-order chi connectivity index (χ0) is 21.8. The van der Waals surface area contributed by atoms with Gasteiger partial charge in [0, 0.05) is 50.9 Å². The minimum Gasteiger partial charge on any atom is -0.497 e. The minimum atomic E-state index is 0.0663. The zero-order valence-electron chi connectivity index (χ0n) is 19.4. The number of methoxy groups -OCH3 is 2. The molecule has 7 nitrogen and oxygen atoms in total. The molecular weight excluding hydrogens is 392 g/mol. The Morgan fingerprint density at radius 2 is 1.77 bits per heavy atom. The second-order valence-corrected chi connectivity index (χ2v) is 9.22. The second kappa shape index (κ2) is 10.2. The molecule has 3 heterocycles. The average molecular weight is 431 g/mol. The van der Waals surface area contributed by atoms with Crippen LogP contribution < -0.4 is 9.47 Å². The van der Waals surface area contributed by atoms with Gasteiger partial charge in [0.15, 0.2) is 0 Å². The zero-order valence-corrected chi connectivity index (χ0v) is 19.4. The van der Waals surface area contributed by atoms with Crippen molar-refractivity contribution in [3.63, 3.8) is 0 Å². The summed E-state index contributed by atoms with van der Waals surface area (Å²) in [4.78, 5) is 22.7. The van der Waals surface area contributed by atoms with Crippen LogP contribution >= 0.6 is 0 Å². The number of piperazine rings is 1. The SMILES string of the molecule is COc1ccc(OC)c(C2CCCN2C(=O)CN2CCN(C3CCCN(C)C3)CC2)c1. The van der Waals surface area contributed by atoms with Gasteiger partial charge in [-0.15, -0.1) is 0 Å². The van der Waals surface area contributed by atoms with Crippen LogP contribution in [0.1, 0.15) is 37.3 Å². The maximum absolute atomic E-state index is 13.3. The number of hydrogen-bond acceptors (Lipinski definition) is 6. The summed E-state index contributed by atoms with van der Waals surface area (Å²) in [6.45, 7) is 7.83. The van der Waals surface area contributed by atoms with Crippen molar-refractivity contribution in [1.82, 2.24) is 19.6 Å². The van der Waals surface area contributed by atoms with E-state index in [2.05, 4.69) is 26.6 Å². The highest BCUT2D eigenvalue weighted by atomic mass is 16.5. The predicted molar refractivity (Wildman–Crippen MR) is 122 cm³/mol. The molecule has 1 aromatic carbocycles. The van der Waals surface area contributed by atoms with Crippen molar-refractivity contribution in [1.29, 1.82) is 0 Å². The quantitative estimate of drug-likeness (QED) is 0.689. The molecule has 3 fully saturated rings. The summed E-state index contributed by atoms with van der Waals surface area (Å²) in [5.74, 6) is 1.87. The number of rotatable bonds is 6. The van der Waals surface area contributed by atoms with Gasteiger partial charge in [0.2, 0.25) is 5.91 Å². The lowest BCUT2D eigenvalue weighted by molar-refractivity contribution is -0.134. The molecular formula is C24H38N4O3. The van der Waals surface area contributed by atoms with Gasteiger partial charge in [0.25, 0.3) is 0 Å². The van der Waals surface area contributed by atoms with Crippen molar-refractivity contribution in [2.45, 2.75) is 37.8 Å². The van der Waals surface area contributed by atoms with Gasteiger partial charge in [0.05, 0.1) is 26.8 Å². The van der Waals surface area contributed by atoms with E-state index in [0.29, 0.717) is 12.6 Å². The first-order valence-electron chi connectivity index (χ1n) is 11.8. The lowest BCUT2D eigenvalue weighted by Gasteiger charge is -2.42. The smallest absolute Gasteiger partial charge is 0.237 e. The van der Waals surface area contributed by atoms with Crippen LogP contribution in [0.15, 0.2) is 18.2 Å². The highest BCUT2D eigenvalue weighted by molar-refractivity contribution is 5.79. The Morgan fingerprint density at radius 3 is 2.48 bits per heavy atom. The third-order valence-corrected chi connectivity index (χ3v) is 7.25. The summed E-state index contributed by atoms with van der Waals surface area (Å²) >= 11 is 0. The van der Waals surface area contributed by atoms with Crippen LogP contribution in [0.3, 0.4) is 0 Å². The number of piperidine rings is 1. The number of likely N-dealkylation sites (tertiary alicyclic amines) is 2. The van der Waals surface area contributed by atoms with Gasteiger partial charge in [-0.25, -0.2) is 0 Å². The van der Waals surface area contributed by atoms with Crippen LogP contribution in [0.5, 0.6) is 11.5 Å². The fourth-order valence-corrected chi connectivity index (χ4v) is 5.49. The average Bonchev–Trinajstić information content (AvgIpc) is 3.29. The standard InChI is InChI=1S/C24H38N4O3/c1-25-10-4-6-19(17-25)27-14-12-26(13-15-27)18-24(29)28-11-5-7-22(28)21-16-20(30-2)8-9-23(21)31-3/h8-9,16,19,22H,4-7,10-15,17-18H2,1-3H3. The molecule has 1 aromatic rings. The van der Waals surface area contributed by atoms with Crippen LogP contribution in [-0.4, -0.2) is 105 Å². The number of ether oxygens (including phenoxy) is 2. The monoisotopic (exact) mass is 430 g/mol. The topological polar surface area (TPSA) is 48.5 Å². The number of benzene rings is 1. The van der Waals surface area contributed by atoms with Gasteiger partial charge < -0.3 is 19.3 Å². The van der Waals surface area contributed by atoms with E-state index < -0.39 is 0 Å². The summed E-state index contributed by atoms with van der Waals surface area (Å²) in [6.07, 6.45) is 4.60. The van der Waals surface area contributed by atoms with Gasteiger partial charge >= 0.3 is 0 Å². The van der Waals surface area contributed by atoms with E-state index in [1.165, 1.54) is 25.9 Å². The molecule has 0 radical (unpaired) electrons. The number of carbonyl (C=O) groups excluding carboxylic acids is 1. The Bertz CT molecular complexity index is 750. The molecule has 1 amide bonds. The first kappa shape index (κ1) is 22.4. The molecule has 0 N–H and O–H groups in total. The minimum absolute atomic E-state index is 0.0663. The third-order valence-electron chi connectivity index (χ3n) is 7.25. The summed E-state index contributed by atoms with van der Waals surface area (Å²) < 4.78 is 11.0. The molecule has 3 aliphatic heterocycles. The number of likely N-dealkylation sites (N-methyl/N-ethyl adjacent to an activating group) is 1. The second-order valence-electron chi connectivity index (χ2n) is 9.22. The fourth-order valence-electron chi connectivity index (χ4n) is 5.49. The van der Waals surface area contributed by atoms with E-state index >= 15 is 0 Å². The molecule has 3 saturated heterocycles. The van der Waals surface area contributed by atoms with E-state index in [1.807, 2.05) is 18.2 Å². The Balaban J connectivity index is 1.35. The van der Waals surface area contributed by atoms with Crippen molar-refractivity contribution < 1.29 is 14.3 Å². The molecule has 2 atom stereocenters. The summed E-state index contributed by atoms with van der Waals surface area (Å²) in [6, 6.07) is 6.62. The van der Waals surface area contributed by atoms with Crippen molar-refractivity contribution in [2.24, 2.45) is 0 Å². The van der Waals surface area contributed by atoms with Crippen LogP contribution in [0, 0.1) is 0 Å². The van der Waals surface area contributed by atoms with Gasteiger partial charge in [-0.2, -0.15) is 0 Å². The summed E-state index contributed by atoms with van der Waals surface area (Å²) in [5, 5.41) is 0. The highest BCUT2D eigenvalue weighted by Crippen LogP contribution is 2.39. The molecule has 0 spiro atoms. The predicted octanol–water partition coefficient (Wildman–Crippen LogP) is 2.08. The van der Waals surface area contributed by atoms with Crippen LogP contribution in [0.4, 0.5) is 0 Å². The molecule has 3 aliphatic rings. The van der Waals surface area contributed by atoms with E-state index in [4.69, 9.17) is 9.47 Å². The van der Waals surface area contributed by atoms with Crippen molar-refractivity contribution in [3.05, 3.63) is 23.8 Å². The molecule has 172 valence electrons. The maximum atomic E-state index is 13.3. The normalized spacial score (nSPS) is 26.2. The molecule has 31 heavy (non-hydrogen) atoms. The van der Waals surface area contributed by atoms with E-state index in [-0.39, 0.29) is 11.9 Å². The van der Waals surface area contributed by atoms with E-state index in [9.17, 15) is 4.79 Å². The largest absolute Gasteiger partial charge is 0.497 e. The van der Waals surface area contributed by atoms with Crippen LogP contribution in [0.2, 0.25) is 0 Å². The molecule has 0 bridgehead atoms. The fraction of sp³-hybridized carbons (Fsp3) is 0.708. The van der Waals surface area contributed by atoms with Crippen molar-refractivity contribution >= 4 is 5.91 Å².